The molecule has 2 heterocycles. The molecule has 1 N–H and O–H groups in total. The summed E-state index contributed by atoms with van der Waals surface area (Å²) < 4.78 is 4.98. The number of hydrogen-bond donors (Lipinski definition) is 1. The monoisotopic (exact) mass is 249 g/mol. The SMILES string of the molecule is COCCNc1nc(-c2cccnc2C)cs1. The van der Waals surface area contributed by atoms with Gasteiger partial charge >= 0.3 is 0 Å². The maximum absolute atomic E-state index is 4.98. The van der Waals surface area contributed by atoms with Gasteiger partial charge in [-0.2, -0.15) is 0 Å². The van der Waals surface area contributed by atoms with Gasteiger partial charge in [0, 0.05) is 36.5 Å². The van der Waals surface area contributed by atoms with Gasteiger partial charge in [0.15, 0.2) is 5.13 Å². The molecule has 0 atom stereocenters. The highest BCUT2D eigenvalue weighted by Crippen LogP contribution is 2.26. The summed E-state index contributed by atoms with van der Waals surface area (Å²) in [6.45, 7) is 3.45. The molecule has 0 saturated carbocycles. The van der Waals surface area contributed by atoms with Gasteiger partial charge in [0.25, 0.3) is 0 Å². The molecule has 4 nitrogen and oxygen atoms in total. The second kappa shape index (κ2) is 5.75. The van der Waals surface area contributed by atoms with Crippen LogP contribution in [0.15, 0.2) is 23.7 Å². The Morgan fingerprint density at radius 1 is 1.47 bits per heavy atom. The molecule has 0 bridgehead atoms. The van der Waals surface area contributed by atoms with Crippen molar-refractivity contribution in [3.63, 3.8) is 0 Å². The Kier molecular flexibility index (Phi) is 4.06. The molecular weight excluding hydrogens is 234 g/mol. The van der Waals surface area contributed by atoms with E-state index in [1.807, 2.05) is 24.4 Å². The number of hydrogen-bond acceptors (Lipinski definition) is 5. The molecule has 0 aliphatic heterocycles. The fraction of sp³-hybridized carbons (Fsp3) is 0.333. The number of nitrogens with one attached hydrogen (secondary N) is 1. The van der Waals surface area contributed by atoms with E-state index in [-0.39, 0.29) is 0 Å². The first-order chi connectivity index (χ1) is 8.31. The van der Waals surface area contributed by atoms with Crippen molar-refractivity contribution in [3.05, 3.63) is 29.4 Å². The standard InChI is InChI=1S/C12H15N3OS/c1-9-10(4-3-5-13-9)11-8-17-12(15-11)14-6-7-16-2/h3-5,8H,6-7H2,1-2H3,(H,14,15). The molecule has 2 aromatic heterocycles. The minimum absolute atomic E-state index is 0.681. The molecule has 0 amide bonds. The lowest BCUT2D eigenvalue weighted by molar-refractivity contribution is 0.211. The number of pyridine rings is 1. The van der Waals surface area contributed by atoms with Crippen molar-refractivity contribution < 1.29 is 4.74 Å². The highest BCUT2D eigenvalue weighted by atomic mass is 32.1. The number of rotatable bonds is 5. The molecule has 2 rings (SSSR count). The number of ether oxygens (including phenoxy) is 1. The van der Waals surface area contributed by atoms with E-state index in [1.54, 1.807) is 24.6 Å². The van der Waals surface area contributed by atoms with Crippen LogP contribution in [0.5, 0.6) is 0 Å². The molecule has 0 unspecified atom stereocenters. The van der Waals surface area contributed by atoms with Crippen LogP contribution in [-0.2, 0) is 4.74 Å². The van der Waals surface area contributed by atoms with Crippen LogP contribution in [0.2, 0.25) is 0 Å². The van der Waals surface area contributed by atoms with Crippen LogP contribution in [0.4, 0.5) is 5.13 Å². The van der Waals surface area contributed by atoms with Crippen LogP contribution in [0.1, 0.15) is 5.69 Å². The van der Waals surface area contributed by atoms with Gasteiger partial charge in [-0.15, -0.1) is 11.3 Å². The molecule has 0 aliphatic carbocycles. The minimum atomic E-state index is 0.681. The number of methoxy groups -OCH3 is 1. The molecule has 0 radical (unpaired) electrons. The summed E-state index contributed by atoms with van der Waals surface area (Å²) in [5.41, 5.74) is 3.06. The zero-order valence-corrected chi connectivity index (χ0v) is 10.8. The Hall–Kier alpha value is -1.46. The first-order valence-electron chi connectivity index (χ1n) is 5.41. The molecule has 0 spiro atoms. The predicted molar refractivity (Wildman–Crippen MR) is 70.4 cm³/mol. The van der Waals surface area contributed by atoms with Gasteiger partial charge in [-0.1, -0.05) is 0 Å². The van der Waals surface area contributed by atoms with Gasteiger partial charge in [-0.25, -0.2) is 4.98 Å². The third-order valence-electron chi connectivity index (χ3n) is 2.37. The number of nitrogens with zero attached hydrogens (tertiary/aromatic N) is 2. The van der Waals surface area contributed by atoms with Crippen molar-refractivity contribution in [3.8, 4) is 11.3 Å². The van der Waals surface area contributed by atoms with Gasteiger partial charge in [0.1, 0.15) is 0 Å². The Morgan fingerprint density at radius 2 is 2.35 bits per heavy atom. The average Bonchev–Trinajstić information content (AvgIpc) is 2.79. The first-order valence-corrected chi connectivity index (χ1v) is 6.29. The minimum Gasteiger partial charge on any atom is -0.383 e. The lowest BCUT2D eigenvalue weighted by atomic mass is 10.1. The van der Waals surface area contributed by atoms with Crippen molar-refractivity contribution in [1.29, 1.82) is 0 Å². The summed E-state index contributed by atoms with van der Waals surface area (Å²) in [5.74, 6) is 0. The van der Waals surface area contributed by atoms with E-state index in [0.717, 1.165) is 28.6 Å². The summed E-state index contributed by atoms with van der Waals surface area (Å²) >= 11 is 1.60. The number of aryl methyl sites for hydroxylation is 1. The van der Waals surface area contributed by atoms with Crippen LogP contribution < -0.4 is 5.32 Å². The predicted octanol–water partition coefficient (Wildman–Crippen LogP) is 2.57. The second-order valence-corrected chi connectivity index (χ2v) is 4.45. The summed E-state index contributed by atoms with van der Waals surface area (Å²) in [7, 11) is 1.69. The van der Waals surface area contributed by atoms with E-state index in [1.165, 1.54) is 0 Å². The molecule has 2 aromatic rings. The fourth-order valence-electron chi connectivity index (χ4n) is 1.49. The molecule has 0 aromatic carbocycles. The first kappa shape index (κ1) is 12.0. The van der Waals surface area contributed by atoms with Crippen LogP contribution in [0, 0.1) is 6.92 Å². The van der Waals surface area contributed by atoms with Gasteiger partial charge in [-0.3, -0.25) is 4.98 Å². The van der Waals surface area contributed by atoms with Crippen LogP contribution in [0.3, 0.4) is 0 Å². The maximum Gasteiger partial charge on any atom is 0.183 e. The molecule has 5 heteroatoms. The maximum atomic E-state index is 4.98. The van der Waals surface area contributed by atoms with Gasteiger partial charge in [0.05, 0.1) is 12.3 Å². The highest BCUT2D eigenvalue weighted by molar-refractivity contribution is 7.14. The van der Waals surface area contributed by atoms with E-state index < -0.39 is 0 Å². The summed E-state index contributed by atoms with van der Waals surface area (Å²) in [5, 5.41) is 6.17. The van der Waals surface area contributed by atoms with Crippen LogP contribution in [-0.4, -0.2) is 30.2 Å². The zero-order chi connectivity index (χ0) is 12.1. The molecular formula is C12H15N3OS. The third kappa shape index (κ3) is 3.01. The number of anilines is 1. The summed E-state index contributed by atoms with van der Waals surface area (Å²) in [6.07, 6.45) is 1.79. The van der Waals surface area contributed by atoms with E-state index in [2.05, 4.69) is 15.3 Å². The summed E-state index contributed by atoms with van der Waals surface area (Å²) in [4.78, 5) is 8.79. The lowest BCUT2D eigenvalue weighted by Gasteiger charge is -2.01. The van der Waals surface area contributed by atoms with Gasteiger partial charge < -0.3 is 10.1 Å². The molecule has 0 saturated heterocycles. The van der Waals surface area contributed by atoms with Crippen molar-refractivity contribution in [1.82, 2.24) is 9.97 Å². The smallest absolute Gasteiger partial charge is 0.183 e. The Balaban J connectivity index is 2.10. The number of thiazole rings is 1. The van der Waals surface area contributed by atoms with Crippen molar-refractivity contribution in [2.24, 2.45) is 0 Å². The fourth-order valence-corrected chi connectivity index (χ4v) is 2.23. The quantitative estimate of drug-likeness (QED) is 0.827. The molecule has 0 aliphatic rings. The van der Waals surface area contributed by atoms with Crippen molar-refractivity contribution in [2.45, 2.75) is 6.92 Å². The van der Waals surface area contributed by atoms with E-state index in [4.69, 9.17) is 4.74 Å². The van der Waals surface area contributed by atoms with E-state index in [9.17, 15) is 0 Å². The normalized spacial score (nSPS) is 10.5. The molecule has 17 heavy (non-hydrogen) atoms. The Bertz CT molecular complexity index is 484. The third-order valence-corrected chi connectivity index (χ3v) is 3.17. The largest absolute Gasteiger partial charge is 0.383 e. The number of aromatic nitrogens is 2. The van der Waals surface area contributed by atoms with Crippen molar-refractivity contribution >= 4 is 16.5 Å². The molecule has 90 valence electrons. The van der Waals surface area contributed by atoms with E-state index in [0.29, 0.717) is 6.61 Å². The van der Waals surface area contributed by atoms with Crippen LogP contribution >= 0.6 is 11.3 Å². The average molecular weight is 249 g/mol. The zero-order valence-electron chi connectivity index (χ0n) is 9.93. The highest BCUT2D eigenvalue weighted by Gasteiger charge is 2.06. The van der Waals surface area contributed by atoms with Gasteiger partial charge in [0.2, 0.25) is 0 Å². The molecule has 0 fully saturated rings. The lowest BCUT2D eigenvalue weighted by Crippen LogP contribution is -2.07. The van der Waals surface area contributed by atoms with E-state index >= 15 is 0 Å². The van der Waals surface area contributed by atoms with Crippen LogP contribution in [0.25, 0.3) is 11.3 Å². The summed E-state index contributed by atoms with van der Waals surface area (Å²) in [6, 6.07) is 3.97. The topological polar surface area (TPSA) is 47.0 Å². The van der Waals surface area contributed by atoms with Gasteiger partial charge in [-0.05, 0) is 19.1 Å². The van der Waals surface area contributed by atoms with Crippen molar-refractivity contribution in [2.75, 3.05) is 25.6 Å². The second-order valence-electron chi connectivity index (χ2n) is 3.59. The Labute approximate surface area is 105 Å². The Morgan fingerprint density at radius 3 is 3.12 bits per heavy atom.